The van der Waals surface area contributed by atoms with Gasteiger partial charge in [-0.2, -0.15) is 5.10 Å². The lowest BCUT2D eigenvalue weighted by atomic mass is 10.4. The molecule has 1 N–H and O–H groups in total. The zero-order chi connectivity index (χ0) is 9.30. The first-order chi connectivity index (χ1) is 5.52. The summed E-state index contributed by atoms with van der Waals surface area (Å²) in [6.07, 6.45) is 1.51. The minimum absolute atomic E-state index is 0.489. The first-order valence-electron chi connectivity index (χ1n) is 3.46. The summed E-state index contributed by atoms with van der Waals surface area (Å²) in [5.74, 6) is -0.922. The number of hydrogen-bond donors (Lipinski definition) is 1. The first kappa shape index (κ1) is 9.06. The van der Waals surface area contributed by atoms with Crippen LogP contribution < -0.4 is 0 Å². The molecule has 1 aromatic rings. The van der Waals surface area contributed by atoms with Crippen molar-refractivity contribution in [1.82, 2.24) is 9.78 Å². The van der Waals surface area contributed by atoms with Crippen LogP contribution in [0.1, 0.15) is 18.7 Å². The topological polar surface area (TPSA) is 55.1 Å². The Labute approximate surface area is 74.8 Å². The van der Waals surface area contributed by atoms with Crippen molar-refractivity contribution in [2.24, 2.45) is 0 Å². The quantitative estimate of drug-likeness (QED) is 0.765. The average molecular weight is 189 g/mol. The third kappa shape index (κ3) is 1.58. The molecule has 0 radical (unpaired) electrons. The van der Waals surface area contributed by atoms with E-state index in [1.165, 1.54) is 10.9 Å². The highest BCUT2D eigenvalue weighted by Crippen LogP contribution is 2.15. The van der Waals surface area contributed by atoms with Crippen LogP contribution in [0, 0.1) is 6.92 Å². The molecule has 5 heteroatoms. The number of carboxylic acids is 1. The van der Waals surface area contributed by atoms with E-state index in [9.17, 15) is 4.79 Å². The molecule has 1 heterocycles. The van der Waals surface area contributed by atoms with Crippen molar-refractivity contribution in [2.45, 2.75) is 19.9 Å². The van der Waals surface area contributed by atoms with Gasteiger partial charge in [0.25, 0.3) is 0 Å². The Morgan fingerprint density at radius 1 is 1.83 bits per heavy atom. The van der Waals surface area contributed by atoms with Crippen LogP contribution in [-0.4, -0.2) is 20.9 Å². The van der Waals surface area contributed by atoms with Crippen molar-refractivity contribution >= 4 is 17.6 Å². The lowest BCUT2D eigenvalue weighted by molar-refractivity contribution is -0.140. The standard InChI is InChI=1S/C7H9ClN2O2/c1-4-6(8)3-10(9-4)5(2)7(11)12/h3,5H,1-2H3,(H,11,12). The van der Waals surface area contributed by atoms with Gasteiger partial charge in [-0.3, -0.25) is 4.68 Å². The van der Waals surface area contributed by atoms with E-state index in [4.69, 9.17) is 16.7 Å². The molecule has 0 aromatic carbocycles. The maximum atomic E-state index is 10.5. The molecule has 1 aromatic heterocycles. The Morgan fingerprint density at radius 2 is 2.42 bits per heavy atom. The molecule has 0 fully saturated rings. The Kier molecular flexibility index (Phi) is 2.38. The Bertz CT molecular complexity index is 289. The molecular weight excluding hydrogens is 180 g/mol. The largest absolute Gasteiger partial charge is 0.480 e. The van der Waals surface area contributed by atoms with Crippen LogP contribution in [0.25, 0.3) is 0 Å². The van der Waals surface area contributed by atoms with E-state index in [1.54, 1.807) is 13.8 Å². The number of carbonyl (C=O) groups is 1. The van der Waals surface area contributed by atoms with Gasteiger partial charge in [0.05, 0.1) is 10.7 Å². The van der Waals surface area contributed by atoms with Crippen LogP contribution in [0.2, 0.25) is 5.02 Å². The molecule has 1 rings (SSSR count). The number of nitrogens with zero attached hydrogens (tertiary/aromatic N) is 2. The fourth-order valence-corrected chi connectivity index (χ4v) is 0.909. The second-order valence-corrected chi connectivity index (χ2v) is 2.96. The molecule has 0 bridgehead atoms. The number of halogens is 1. The Morgan fingerprint density at radius 3 is 2.75 bits per heavy atom. The molecule has 0 spiro atoms. The van der Waals surface area contributed by atoms with Crippen molar-refractivity contribution in [3.05, 3.63) is 16.9 Å². The fourth-order valence-electron chi connectivity index (χ4n) is 0.771. The molecule has 1 atom stereocenters. The van der Waals surface area contributed by atoms with Gasteiger partial charge in [-0.1, -0.05) is 11.6 Å². The molecule has 66 valence electrons. The highest BCUT2D eigenvalue weighted by molar-refractivity contribution is 6.31. The summed E-state index contributed by atoms with van der Waals surface area (Å²) in [6, 6.07) is -0.670. The normalized spacial score (nSPS) is 12.9. The SMILES string of the molecule is Cc1nn(C(C)C(=O)O)cc1Cl. The third-order valence-corrected chi connectivity index (χ3v) is 1.98. The van der Waals surface area contributed by atoms with Gasteiger partial charge in [-0.25, -0.2) is 4.79 Å². The summed E-state index contributed by atoms with van der Waals surface area (Å²) < 4.78 is 1.33. The van der Waals surface area contributed by atoms with Crippen molar-refractivity contribution in [3.8, 4) is 0 Å². The number of aryl methyl sites for hydroxylation is 1. The lowest BCUT2D eigenvalue weighted by Crippen LogP contribution is -2.15. The number of carboxylic acid groups (broad SMARTS) is 1. The molecule has 1 unspecified atom stereocenters. The van der Waals surface area contributed by atoms with Crippen molar-refractivity contribution in [1.29, 1.82) is 0 Å². The van der Waals surface area contributed by atoms with Gasteiger partial charge in [-0.05, 0) is 13.8 Å². The van der Waals surface area contributed by atoms with Crippen LogP contribution in [0.15, 0.2) is 6.20 Å². The predicted molar refractivity (Wildman–Crippen MR) is 44.3 cm³/mol. The highest BCUT2D eigenvalue weighted by atomic mass is 35.5. The molecule has 0 aliphatic carbocycles. The van der Waals surface area contributed by atoms with Gasteiger partial charge >= 0.3 is 5.97 Å². The molecule has 0 aliphatic heterocycles. The summed E-state index contributed by atoms with van der Waals surface area (Å²) in [5.41, 5.74) is 0.643. The van der Waals surface area contributed by atoms with Crippen LogP contribution in [0.3, 0.4) is 0 Å². The Balaban J connectivity index is 2.96. The van der Waals surface area contributed by atoms with Gasteiger partial charge < -0.3 is 5.11 Å². The van der Waals surface area contributed by atoms with E-state index in [0.29, 0.717) is 10.7 Å². The monoisotopic (exact) mass is 188 g/mol. The highest BCUT2D eigenvalue weighted by Gasteiger charge is 2.14. The second-order valence-electron chi connectivity index (χ2n) is 2.56. The zero-order valence-electron chi connectivity index (χ0n) is 6.78. The zero-order valence-corrected chi connectivity index (χ0v) is 7.54. The lowest BCUT2D eigenvalue weighted by Gasteiger charge is -2.04. The van der Waals surface area contributed by atoms with Gasteiger partial charge in [0, 0.05) is 6.20 Å². The first-order valence-corrected chi connectivity index (χ1v) is 3.84. The number of rotatable bonds is 2. The van der Waals surface area contributed by atoms with E-state index in [-0.39, 0.29) is 0 Å². The number of hydrogen-bond acceptors (Lipinski definition) is 2. The van der Waals surface area contributed by atoms with Gasteiger partial charge in [0.1, 0.15) is 6.04 Å². The third-order valence-electron chi connectivity index (χ3n) is 1.61. The molecule has 0 saturated heterocycles. The summed E-state index contributed by atoms with van der Waals surface area (Å²) in [7, 11) is 0. The van der Waals surface area contributed by atoms with Crippen molar-refractivity contribution < 1.29 is 9.90 Å². The van der Waals surface area contributed by atoms with E-state index in [1.807, 2.05) is 0 Å². The molecule has 0 aliphatic rings. The molecule has 4 nitrogen and oxygen atoms in total. The summed E-state index contributed by atoms with van der Waals surface area (Å²) >= 11 is 5.70. The number of aromatic nitrogens is 2. The number of aliphatic carboxylic acids is 1. The minimum atomic E-state index is -0.922. The van der Waals surface area contributed by atoms with Crippen molar-refractivity contribution in [2.75, 3.05) is 0 Å². The minimum Gasteiger partial charge on any atom is -0.480 e. The van der Waals surface area contributed by atoms with E-state index in [0.717, 1.165) is 0 Å². The summed E-state index contributed by atoms with van der Waals surface area (Å²) in [4.78, 5) is 10.5. The summed E-state index contributed by atoms with van der Waals surface area (Å²) in [5, 5.41) is 13.1. The van der Waals surface area contributed by atoms with Crippen LogP contribution in [0.4, 0.5) is 0 Å². The van der Waals surface area contributed by atoms with Gasteiger partial charge in [0.15, 0.2) is 0 Å². The fraction of sp³-hybridized carbons (Fsp3) is 0.429. The maximum Gasteiger partial charge on any atom is 0.328 e. The van der Waals surface area contributed by atoms with Gasteiger partial charge in [-0.15, -0.1) is 0 Å². The van der Waals surface area contributed by atoms with Crippen LogP contribution in [0.5, 0.6) is 0 Å². The molecule has 0 saturated carbocycles. The smallest absolute Gasteiger partial charge is 0.328 e. The molecular formula is C7H9ClN2O2. The second kappa shape index (κ2) is 3.15. The van der Waals surface area contributed by atoms with Gasteiger partial charge in [0.2, 0.25) is 0 Å². The molecule has 12 heavy (non-hydrogen) atoms. The van der Waals surface area contributed by atoms with E-state index >= 15 is 0 Å². The van der Waals surface area contributed by atoms with Crippen molar-refractivity contribution in [3.63, 3.8) is 0 Å². The predicted octanol–water partition coefficient (Wildman–Crippen LogP) is 1.49. The average Bonchev–Trinajstić information content (AvgIpc) is 2.30. The Hall–Kier alpha value is -1.03. The van der Waals surface area contributed by atoms with E-state index < -0.39 is 12.0 Å². The summed E-state index contributed by atoms with van der Waals surface area (Å²) in [6.45, 7) is 3.28. The molecule has 0 amide bonds. The van der Waals surface area contributed by atoms with Crippen LogP contribution in [-0.2, 0) is 4.79 Å². The maximum absolute atomic E-state index is 10.5. The van der Waals surface area contributed by atoms with Crippen LogP contribution >= 0.6 is 11.6 Å². The van der Waals surface area contributed by atoms with E-state index in [2.05, 4.69) is 5.10 Å².